The zero-order chi connectivity index (χ0) is 14.7. The molecule has 0 bridgehead atoms. The van der Waals surface area contributed by atoms with Gasteiger partial charge in [-0.15, -0.1) is 0 Å². The normalized spacial score (nSPS) is 15.4. The molecule has 1 aliphatic rings. The van der Waals surface area contributed by atoms with E-state index in [1.54, 1.807) is 17.0 Å². The molecule has 0 atom stereocenters. The monoisotopic (exact) mass is 283 g/mol. The summed E-state index contributed by atoms with van der Waals surface area (Å²) in [5.74, 6) is -0.184. The summed E-state index contributed by atoms with van der Waals surface area (Å²) in [5, 5.41) is 2.77. The molecule has 0 aliphatic carbocycles. The van der Waals surface area contributed by atoms with E-state index in [2.05, 4.69) is 5.32 Å². The summed E-state index contributed by atoms with van der Waals surface area (Å²) < 4.78 is 1.98. The Balaban J connectivity index is 1.77. The second-order valence-electron chi connectivity index (χ2n) is 5.07. The van der Waals surface area contributed by atoms with Crippen LogP contribution in [0, 0.1) is 0 Å². The van der Waals surface area contributed by atoms with Crippen LogP contribution in [0.2, 0.25) is 0 Å². The molecule has 0 unspecified atom stereocenters. The Hall–Kier alpha value is -2.56. The van der Waals surface area contributed by atoms with Gasteiger partial charge in [0.1, 0.15) is 0 Å². The molecule has 5 heteroatoms. The van der Waals surface area contributed by atoms with Gasteiger partial charge in [0, 0.05) is 36.7 Å². The van der Waals surface area contributed by atoms with Crippen LogP contribution in [0.4, 0.5) is 0 Å². The van der Waals surface area contributed by atoms with Crippen LogP contribution in [-0.4, -0.2) is 40.9 Å². The number of aromatic nitrogens is 1. The molecule has 5 nitrogen and oxygen atoms in total. The molecule has 2 aromatic rings. The van der Waals surface area contributed by atoms with Gasteiger partial charge in [-0.1, -0.05) is 0 Å². The largest absolute Gasteiger partial charge is 0.354 e. The lowest BCUT2D eigenvalue weighted by Gasteiger charge is -2.19. The highest BCUT2D eigenvalue weighted by atomic mass is 16.2. The number of nitrogens with one attached hydrogen (secondary N) is 1. The maximum atomic E-state index is 12.4. The Morgan fingerprint density at radius 1 is 1.10 bits per heavy atom. The average molecular weight is 283 g/mol. The number of hydrogen-bond donors (Lipinski definition) is 1. The van der Waals surface area contributed by atoms with Crippen molar-refractivity contribution in [3.63, 3.8) is 0 Å². The van der Waals surface area contributed by atoms with Gasteiger partial charge in [0.25, 0.3) is 5.91 Å². The Morgan fingerprint density at radius 3 is 2.52 bits per heavy atom. The number of carbonyl (C=O) groups is 2. The molecule has 108 valence electrons. The fourth-order valence-electron chi connectivity index (χ4n) is 2.44. The summed E-state index contributed by atoms with van der Waals surface area (Å²) in [6.07, 6.45) is 4.70. The van der Waals surface area contributed by atoms with Crippen LogP contribution >= 0.6 is 0 Å². The van der Waals surface area contributed by atoms with Crippen LogP contribution in [0.3, 0.4) is 0 Å². The van der Waals surface area contributed by atoms with Gasteiger partial charge in [0.2, 0.25) is 5.91 Å². The lowest BCUT2D eigenvalue weighted by atomic mass is 10.1. The highest BCUT2D eigenvalue weighted by Gasteiger charge is 2.20. The van der Waals surface area contributed by atoms with Crippen molar-refractivity contribution in [1.82, 2.24) is 14.8 Å². The number of carbonyl (C=O) groups excluding carboxylic acids is 2. The first kappa shape index (κ1) is 13.4. The summed E-state index contributed by atoms with van der Waals surface area (Å²) in [4.78, 5) is 25.6. The van der Waals surface area contributed by atoms with Crippen molar-refractivity contribution in [1.29, 1.82) is 0 Å². The second kappa shape index (κ2) is 5.83. The molecule has 1 aliphatic heterocycles. The van der Waals surface area contributed by atoms with E-state index >= 15 is 0 Å². The van der Waals surface area contributed by atoms with Crippen molar-refractivity contribution in [3.05, 3.63) is 54.4 Å². The van der Waals surface area contributed by atoms with Crippen molar-refractivity contribution >= 4 is 11.8 Å². The minimum Gasteiger partial charge on any atom is -0.354 e. The zero-order valence-electron chi connectivity index (χ0n) is 11.7. The average Bonchev–Trinajstić information content (AvgIpc) is 2.96. The molecule has 3 rings (SSSR count). The number of hydrogen-bond acceptors (Lipinski definition) is 2. The fraction of sp³-hybridized carbons (Fsp3) is 0.250. The standard InChI is InChI=1S/C16H17N3O2/c20-15-12-19(11-3-8-17-15)16(21)13-4-6-14(7-5-13)18-9-1-2-10-18/h1-2,4-7,9-10H,3,8,11-12H2,(H,17,20). The van der Waals surface area contributed by atoms with Gasteiger partial charge in [0.15, 0.2) is 0 Å². The number of amides is 2. The van der Waals surface area contributed by atoms with E-state index < -0.39 is 0 Å². The summed E-state index contributed by atoms with van der Waals surface area (Å²) >= 11 is 0. The van der Waals surface area contributed by atoms with E-state index in [0.29, 0.717) is 18.7 Å². The molecule has 21 heavy (non-hydrogen) atoms. The minimum atomic E-state index is -0.0928. The quantitative estimate of drug-likeness (QED) is 0.906. The van der Waals surface area contributed by atoms with Crippen LogP contribution < -0.4 is 5.32 Å². The van der Waals surface area contributed by atoms with Gasteiger partial charge in [-0.2, -0.15) is 0 Å². The highest BCUT2D eigenvalue weighted by Crippen LogP contribution is 2.12. The van der Waals surface area contributed by atoms with Crippen LogP contribution in [-0.2, 0) is 4.79 Å². The van der Waals surface area contributed by atoms with E-state index in [-0.39, 0.29) is 18.4 Å². The summed E-state index contributed by atoms with van der Waals surface area (Å²) in [6, 6.07) is 11.3. The lowest BCUT2D eigenvalue weighted by molar-refractivity contribution is -0.121. The van der Waals surface area contributed by atoms with Crippen molar-refractivity contribution < 1.29 is 9.59 Å². The van der Waals surface area contributed by atoms with Gasteiger partial charge >= 0.3 is 0 Å². The van der Waals surface area contributed by atoms with E-state index in [9.17, 15) is 9.59 Å². The second-order valence-corrected chi connectivity index (χ2v) is 5.07. The predicted molar refractivity (Wildman–Crippen MR) is 79.3 cm³/mol. The maximum absolute atomic E-state index is 12.4. The predicted octanol–water partition coefficient (Wildman–Crippen LogP) is 1.44. The van der Waals surface area contributed by atoms with Crippen LogP contribution in [0.1, 0.15) is 16.8 Å². The highest BCUT2D eigenvalue weighted by molar-refractivity contribution is 5.96. The lowest BCUT2D eigenvalue weighted by Crippen LogP contribution is -2.37. The van der Waals surface area contributed by atoms with E-state index in [1.807, 2.05) is 41.2 Å². The summed E-state index contributed by atoms with van der Waals surface area (Å²) in [6.45, 7) is 1.38. The molecule has 0 spiro atoms. The molecular weight excluding hydrogens is 266 g/mol. The first-order chi connectivity index (χ1) is 10.2. The van der Waals surface area contributed by atoms with E-state index in [0.717, 1.165) is 12.1 Å². The first-order valence-electron chi connectivity index (χ1n) is 7.03. The topological polar surface area (TPSA) is 54.3 Å². The smallest absolute Gasteiger partial charge is 0.254 e. The third-order valence-corrected chi connectivity index (χ3v) is 3.57. The van der Waals surface area contributed by atoms with Crippen molar-refractivity contribution in [3.8, 4) is 5.69 Å². The Kier molecular flexibility index (Phi) is 3.73. The van der Waals surface area contributed by atoms with E-state index in [1.165, 1.54) is 0 Å². The fourth-order valence-corrected chi connectivity index (χ4v) is 2.44. The number of rotatable bonds is 2. The molecule has 1 aromatic heterocycles. The van der Waals surface area contributed by atoms with Gasteiger partial charge in [-0.05, 0) is 42.8 Å². The molecule has 0 saturated carbocycles. The van der Waals surface area contributed by atoms with Gasteiger partial charge in [-0.25, -0.2) is 0 Å². The summed E-state index contributed by atoms with van der Waals surface area (Å²) in [7, 11) is 0. The SMILES string of the molecule is O=C1CN(C(=O)c2ccc(-n3cccc3)cc2)CCCN1. The van der Waals surface area contributed by atoms with Crippen LogP contribution in [0.5, 0.6) is 0 Å². The van der Waals surface area contributed by atoms with Crippen molar-refractivity contribution in [2.75, 3.05) is 19.6 Å². The third-order valence-electron chi connectivity index (χ3n) is 3.57. The third kappa shape index (κ3) is 2.97. The minimum absolute atomic E-state index is 0.0916. The molecule has 2 amide bonds. The first-order valence-corrected chi connectivity index (χ1v) is 7.03. The Labute approximate surface area is 123 Å². The van der Waals surface area contributed by atoms with E-state index in [4.69, 9.17) is 0 Å². The Bertz CT molecular complexity index is 632. The van der Waals surface area contributed by atoms with Gasteiger partial charge < -0.3 is 14.8 Å². The molecule has 1 aromatic carbocycles. The number of benzene rings is 1. The molecule has 1 N–H and O–H groups in total. The van der Waals surface area contributed by atoms with Crippen LogP contribution in [0.15, 0.2) is 48.8 Å². The van der Waals surface area contributed by atoms with Gasteiger partial charge in [-0.3, -0.25) is 9.59 Å². The maximum Gasteiger partial charge on any atom is 0.254 e. The molecule has 1 fully saturated rings. The molecule has 2 heterocycles. The van der Waals surface area contributed by atoms with Crippen molar-refractivity contribution in [2.24, 2.45) is 0 Å². The number of nitrogens with zero attached hydrogens (tertiary/aromatic N) is 2. The van der Waals surface area contributed by atoms with Gasteiger partial charge in [0.05, 0.1) is 6.54 Å². The zero-order valence-corrected chi connectivity index (χ0v) is 11.7. The van der Waals surface area contributed by atoms with Crippen molar-refractivity contribution in [2.45, 2.75) is 6.42 Å². The molecular formula is C16H17N3O2. The molecule has 0 radical (unpaired) electrons. The Morgan fingerprint density at radius 2 is 1.81 bits per heavy atom. The summed E-state index contributed by atoms with van der Waals surface area (Å²) in [5.41, 5.74) is 1.62. The van der Waals surface area contributed by atoms with Crippen LogP contribution in [0.25, 0.3) is 5.69 Å². The molecule has 1 saturated heterocycles.